The molecule has 0 saturated heterocycles. The lowest BCUT2D eigenvalue weighted by Crippen LogP contribution is -2.21. The summed E-state index contributed by atoms with van der Waals surface area (Å²) in [6.45, 7) is 1.69. The van der Waals surface area contributed by atoms with Gasteiger partial charge in [0.05, 0.1) is 21.9 Å². The number of hydrogen-bond donors (Lipinski definition) is 0. The van der Waals surface area contributed by atoms with Gasteiger partial charge in [0.25, 0.3) is 11.6 Å². The molecule has 0 unspecified atom stereocenters. The monoisotopic (exact) mass is 375 g/mol. The number of nitro groups is 1. The summed E-state index contributed by atoms with van der Waals surface area (Å²) < 4.78 is 0. The predicted octanol–water partition coefficient (Wildman–Crippen LogP) is 4.71. The summed E-state index contributed by atoms with van der Waals surface area (Å²) in [5.41, 5.74) is 1.47. The molecule has 1 heterocycles. The van der Waals surface area contributed by atoms with Crippen molar-refractivity contribution in [1.29, 1.82) is 0 Å². The zero-order valence-corrected chi connectivity index (χ0v) is 14.5. The molecule has 0 aromatic heterocycles. The molecule has 0 atom stereocenters. The lowest BCUT2D eigenvalue weighted by molar-refractivity contribution is -0.384. The molecule has 1 aliphatic heterocycles. The maximum absolute atomic E-state index is 12.7. The number of anilines is 1. The first kappa shape index (κ1) is 17.1. The minimum atomic E-state index is -0.603. The first-order chi connectivity index (χ1) is 11.9. The Kier molecular flexibility index (Phi) is 4.57. The van der Waals surface area contributed by atoms with Crippen LogP contribution in [0.2, 0.25) is 10.0 Å². The van der Waals surface area contributed by atoms with Crippen LogP contribution >= 0.6 is 23.2 Å². The summed E-state index contributed by atoms with van der Waals surface area (Å²) in [6, 6.07) is 11.5. The van der Waals surface area contributed by atoms with Gasteiger partial charge in [-0.2, -0.15) is 10.1 Å². The third-order valence-electron chi connectivity index (χ3n) is 3.63. The fourth-order valence-corrected chi connectivity index (χ4v) is 2.89. The van der Waals surface area contributed by atoms with E-state index in [1.165, 1.54) is 23.2 Å². The Hall–Kier alpha value is -2.70. The number of benzene rings is 2. The molecule has 1 amide bonds. The van der Waals surface area contributed by atoms with Crippen LogP contribution in [0.15, 0.2) is 53.1 Å². The van der Waals surface area contributed by atoms with E-state index in [1.54, 1.807) is 31.2 Å². The van der Waals surface area contributed by atoms with Gasteiger partial charge in [0.1, 0.15) is 5.02 Å². The average Bonchev–Trinajstić information content (AvgIpc) is 2.85. The minimum Gasteiger partial charge on any atom is -0.267 e. The maximum atomic E-state index is 12.7. The fourth-order valence-electron chi connectivity index (χ4n) is 2.39. The molecule has 8 heteroatoms. The number of halogens is 2. The van der Waals surface area contributed by atoms with E-state index in [9.17, 15) is 14.9 Å². The van der Waals surface area contributed by atoms with Crippen LogP contribution in [0.3, 0.4) is 0 Å². The van der Waals surface area contributed by atoms with E-state index >= 15 is 0 Å². The minimum absolute atomic E-state index is 0.0637. The number of nitrogens with zero attached hydrogens (tertiary/aromatic N) is 3. The van der Waals surface area contributed by atoms with Crippen LogP contribution in [0.5, 0.6) is 0 Å². The Morgan fingerprint density at radius 3 is 2.48 bits per heavy atom. The van der Waals surface area contributed by atoms with E-state index in [1.807, 2.05) is 6.07 Å². The summed E-state index contributed by atoms with van der Waals surface area (Å²) in [4.78, 5) is 23.1. The Labute approximate surface area is 153 Å². The van der Waals surface area contributed by atoms with Crippen LogP contribution in [0.4, 0.5) is 11.4 Å². The van der Waals surface area contributed by atoms with Gasteiger partial charge < -0.3 is 0 Å². The molecular weight excluding hydrogens is 365 g/mol. The van der Waals surface area contributed by atoms with Crippen molar-refractivity contribution in [2.45, 2.75) is 6.92 Å². The molecule has 2 aromatic carbocycles. The van der Waals surface area contributed by atoms with Gasteiger partial charge in [-0.05, 0) is 31.2 Å². The molecule has 0 spiro atoms. The number of amides is 1. The molecule has 1 aliphatic rings. The first-order valence-corrected chi connectivity index (χ1v) is 7.94. The normalized spacial score (nSPS) is 15.6. The molecule has 0 aliphatic carbocycles. The third kappa shape index (κ3) is 3.26. The SMILES string of the molecule is CC1=NN(c2ccccc2)C(=O)/C1=C/c1cc([N+](=O)[O-])c(Cl)cc1Cl. The van der Waals surface area contributed by atoms with Crippen LogP contribution in [0, 0.1) is 10.1 Å². The van der Waals surface area contributed by atoms with Gasteiger partial charge in [-0.15, -0.1) is 0 Å². The number of hydrogen-bond acceptors (Lipinski definition) is 4. The van der Waals surface area contributed by atoms with Crippen molar-refractivity contribution in [3.63, 3.8) is 0 Å². The van der Waals surface area contributed by atoms with Gasteiger partial charge in [0.15, 0.2) is 0 Å². The van der Waals surface area contributed by atoms with Gasteiger partial charge >= 0.3 is 0 Å². The van der Waals surface area contributed by atoms with Crippen molar-refractivity contribution in [3.8, 4) is 0 Å². The molecule has 0 saturated carbocycles. The largest absolute Gasteiger partial charge is 0.288 e. The van der Waals surface area contributed by atoms with Gasteiger partial charge in [-0.1, -0.05) is 41.4 Å². The topological polar surface area (TPSA) is 75.8 Å². The molecule has 0 fully saturated rings. The van der Waals surface area contributed by atoms with Crippen molar-refractivity contribution in [2.24, 2.45) is 5.10 Å². The Balaban J connectivity index is 2.03. The van der Waals surface area contributed by atoms with E-state index in [2.05, 4.69) is 5.10 Å². The highest BCUT2D eigenvalue weighted by molar-refractivity contribution is 6.37. The molecule has 0 radical (unpaired) electrons. The zero-order chi connectivity index (χ0) is 18.1. The lowest BCUT2D eigenvalue weighted by atomic mass is 10.1. The molecule has 0 bridgehead atoms. The number of hydrazone groups is 1. The van der Waals surface area contributed by atoms with Crippen LogP contribution < -0.4 is 5.01 Å². The number of para-hydroxylation sites is 1. The highest BCUT2D eigenvalue weighted by atomic mass is 35.5. The Morgan fingerprint density at radius 1 is 1.16 bits per heavy atom. The fraction of sp³-hybridized carbons (Fsp3) is 0.0588. The van der Waals surface area contributed by atoms with Crippen LogP contribution in [-0.2, 0) is 4.79 Å². The quantitative estimate of drug-likeness (QED) is 0.442. The molecule has 25 heavy (non-hydrogen) atoms. The summed E-state index contributed by atoms with van der Waals surface area (Å²) in [6.07, 6.45) is 1.48. The maximum Gasteiger partial charge on any atom is 0.288 e. The Morgan fingerprint density at radius 2 is 1.84 bits per heavy atom. The molecule has 6 nitrogen and oxygen atoms in total. The van der Waals surface area contributed by atoms with Crippen LogP contribution in [0.1, 0.15) is 12.5 Å². The van der Waals surface area contributed by atoms with E-state index in [0.717, 1.165) is 0 Å². The summed E-state index contributed by atoms with van der Waals surface area (Å²) in [7, 11) is 0. The molecule has 2 aromatic rings. The van der Waals surface area contributed by atoms with Crippen LogP contribution in [-0.4, -0.2) is 16.5 Å². The molecule has 126 valence electrons. The molecular formula is C17H11Cl2N3O3. The van der Waals surface area contributed by atoms with Crippen molar-refractivity contribution < 1.29 is 9.72 Å². The second kappa shape index (κ2) is 6.66. The second-order valence-corrected chi connectivity index (χ2v) is 6.09. The van der Waals surface area contributed by atoms with E-state index in [4.69, 9.17) is 23.2 Å². The smallest absolute Gasteiger partial charge is 0.267 e. The predicted molar refractivity (Wildman–Crippen MR) is 98.1 cm³/mol. The summed E-state index contributed by atoms with van der Waals surface area (Å²) >= 11 is 11.9. The lowest BCUT2D eigenvalue weighted by Gasteiger charge is -2.11. The highest BCUT2D eigenvalue weighted by Gasteiger charge is 2.29. The number of carbonyl (C=O) groups excluding carboxylic acids is 1. The third-order valence-corrected chi connectivity index (χ3v) is 4.26. The van der Waals surface area contributed by atoms with E-state index in [0.29, 0.717) is 22.5 Å². The van der Waals surface area contributed by atoms with E-state index < -0.39 is 4.92 Å². The van der Waals surface area contributed by atoms with Crippen molar-refractivity contribution in [3.05, 3.63) is 73.8 Å². The summed E-state index contributed by atoms with van der Waals surface area (Å²) in [5, 5.41) is 16.7. The number of carbonyl (C=O) groups is 1. The van der Waals surface area contributed by atoms with Crippen molar-refractivity contribution in [1.82, 2.24) is 0 Å². The highest BCUT2D eigenvalue weighted by Crippen LogP contribution is 2.33. The second-order valence-electron chi connectivity index (χ2n) is 5.28. The van der Waals surface area contributed by atoms with Gasteiger partial charge in [0.2, 0.25) is 0 Å². The molecule has 3 rings (SSSR count). The zero-order valence-electron chi connectivity index (χ0n) is 12.9. The first-order valence-electron chi connectivity index (χ1n) is 7.18. The summed E-state index contributed by atoms with van der Waals surface area (Å²) in [5.74, 6) is -0.336. The van der Waals surface area contributed by atoms with Crippen molar-refractivity contribution in [2.75, 3.05) is 5.01 Å². The average molecular weight is 376 g/mol. The number of nitro benzene ring substituents is 1. The number of rotatable bonds is 3. The van der Waals surface area contributed by atoms with Gasteiger partial charge in [-0.3, -0.25) is 14.9 Å². The van der Waals surface area contributed by atoms with Gasteiger partial charge in [-0.25, -0.2) is 0 Å². The Bertz CT molecular complexity index is 940. The van der Waals surface area contributed by atoms with Gasteiger partial charge in [0, 0.05) is 16.7 Å². The van der Waals surface area contributed by atoms with Crippen LogP contribution in [0.25, 0.3) is 6.08 Å². The molecule has 0 N–H and O–H groups in total. The van der Waals surface area contributed by atoms with Crippen molar-refractivity contribution >= 4 is 52.3 Å². The van der Waals surface area contributed by atoms with E-state index in [-0.39, 0.29) is 21.6 Å². The standard InChI is InChI=1S/C17H11Cl2N3O3/c1-10-13(17(23)21(20-10)12-5-3-2-4-6-12)7-11-8-16(22(24)25)15(19)9-14(11)18/h2-9H,1H3/b13-7+.